The summed E-state index contributed by atoms with van der Waals surface area (Å²) in [5.41, 5.74) is 0.119. The Hall–Kier alpha value is -2.04. The molecule has 0 spiro atoms. The van der Waals surface area contributed by atoms with Gasteiger partial charge in [-0.15, -0.1) is 0 Å². The predicted molar refractivity (Wildman–Crippen MR) is 82.0 cm³/mol. The molecule has 0 atom stereocenters. The van der Waals surface area contributed by atoms with E-state index in [4.69, 9.17) is 4.74 Å². The molecule has 1 rings (SSSR count). The zero-order chi connectivity index (χ0) is 16.4. The van der Waals surface area contributed by atoms with Crippen LogP contribution in [-0.4, -0.2) is 22.8 Å². The average Bonchev–Trinajstić information content (AvgIpc) is 2.24. The smallest absolute Gasteiger partial charge is 0.412 e. The molecule has 0 saturated heterocycles. The van der Waals surface area contributed by atoms with E-state index >= 15 is 0 Å². The third-order valence-electron chi connectivity index (χ3n) is 2.73. The van der Waals surface area contributed by atoms with Gasteiger partial charge in [0.1, 0.15) is 5.60 Å². The van der Waals surface area contributed by atoms with Crippen LogP contribution in [0, 0.1) is 0 Å². The second-order valence-electron chi connectivity index (χ2n) is 6.91. The summed E-state index contributed by atoms with van der Waals surface area (Å²) in [7, 11) is 0. The number of amides is 1. The molecule has 1 aromatic carbocycles. The number of ether oxygens (including phenoxy) is 1. The number of aromatic carboxylic acids is 1. The fraction of sp³-hybridized carbons (Fsp3) is 0.500. The Labute approximate surface area is 125 Å². The summed E-state index contributed by atoms with van der Waals surface area (Å²) in [5.74, 6) is -1.09. The molecule has 1 aromatic rings. The fourth-order valence-corrected chi connectivity index (χ4v) is 1.90. The largest absolute Gasteiger partial charge is 0.478 e. The van der Waals surface area contributed by atoms with Crippen molar-refractivity contribution < 1.29 is 19.4 Å². The summed E-state index contributed by atoms with van der Waals surface area (Å²) < 4.78 is 5.20. The first-order valence-electron chi connectivity index (χ1n) is 6.78. The zero-order valence-corrected chi connectivity index (χ0v) is 13.4. The van der Waals surface area contributed by atoms with Crippen molar-refractivity contribution >= 4 is 17.7 Å². The van der Waals surface area contributed by atoms with Crippen molar-refractivity contribution in [2.24, 2.45) is 0 Å². The Morgan fingerprint density at radius 2 is 1.67 bits per heavy atom. The lowest BCUT2D eigenvalue weighted by Gasteiger charge is -2.25. The van der Waals surface area contributed by atoms with Gasteiger partial charge in [-0.1, -0.05) is 32.9 Å². The van der Waals surface area contributed by atoms with E-state index in [2.05, 4.69) is 5.32 Å². The van der Waals surface area contributed by atoms with Crippen LogP contribution < -0.4 is 5.32 Å². The van der Waals surface area contributed by atoms with Crippen molar-refractivity contribution in [2.45, 2.75) is 52.6 Å². The van der Waals surface area contributed by atoms with Crippen LogP contribution >= 0.6 is 0 Å². The van der Waals surface area contributed by atoms with Gasteiger partial charge in [0.25, 0.3) is 0 Å². The third kappa shape index (κ3) is 4.77. The number of carbonyl (C=O) groups excluding carboxylic acids is 1. The molecule has 1 amide bonds. The molecule has 5 nitrogen and oxygen atoms in total. The maximum atomic E-state index is 12.0. The van der Waals surface area contributed by atoms with E-state index < -0.39 is 17.7 Å². The maximum absolute atomic E-state index is 12.0. The molecule has 2 N–H and O–H groups in total. The number of carboxylic acid groups (broad SMARTS) is 1. The molecule has 0 aliphatic heterocycles. The van der Waals surface area contributed by atoms with E-state index in [-0.39, 0.29) is 16.7 Å². The number of hydrogen-bond donors (Lipinski definition) is 2. The summed E-state index contributed by atoms with van der Waals surface area (Å²) in [6, 6.07) is 4.94. The van der Waals surface area contributed by atoms with Gasteiger partial charge in [0.05, 0.1) is 11.3 Å². The predicted octanol–water partition coefficient (Wildman–Crippen LogP) is 4.03. The Balaban J connectivity index is 3.25. The van der Waals surface area contributed by atoms with Crippen molar-refractivity contribution in [2.75, 3.05) is 5.32 Å². The number of anilines is 1. The first-order chi connectivity index (χ1) is 9.42. The molecule has 0 aliphatic rings. The Morgan fingerprint density at radius 1 is 1.10 bits per heavy atom. The number of carboxylic acids is 1. The van der Waals surface area contributed by atoms with Crippen LogP contribution in [0.2, 0.25) is 0 Å². The van der Waals surface area contributed by atoms with Crippen LogP contribution in [0.3, 0.4) is 0 Å². The highest BCUT2D eigenvalue weighted by molar-refractivity contribution is 6.00. The highest BCUT2D eigenvalue weighted by atomic mass is 16.6. The lowest BCUT2D eigenvalue weighted by atomic mass is 9.84. The molecule has 0 saturated carbocycles. The highest BCUT2D eigenvalue weighted by Gasteiger charge is 2.25. The maximum Gasteiger partial charge on any atom is 0.412 e. The quantitative estimate of drug-likeness (QED) is 0.863. The number of benzene rings is 1. The van der Waals surface area contributed by atoms with Gasteiger partial charge >= 0.3 is 12.1 Å². The molecule has 0 heterocycles. The highest BCUT2D eigenvalue weighted by Crippen LogP contribution is 2.32. The molecular weight excluding hydrogens is 270 g/mol. The summed E-state index contributed by atoms with van der Waals surface area (Å²) in [6.07, 6.45) is -0.665. The lowest BCUT2D eigenvalue weighted by molar-refractivity contribution is 0.0635. The van der Waals surface area contributed by atoms with Crippen molar-refractivity contribution in [3.63, 3.8) is 0 Å². The van der Waals surface area contributed by atoms with E-state index in [0.717, 1.165) is 5.56 Å². The van der Waals surface area contributed by atoms with Gasteiger partial charge in [-0.2, -0.15) is 0 Å². The van der Waals surface area contributed by atoms with Crippen LogP contribution in [0.15, 0.2) is 18.2 Å². The summed E-state index contributed by atoms with van der Waals surface area (Å²) in [5, 5.41) is 11.9. The molecule has 21 heavy (non-hydrogen) atoms. The van der Waals surface area contributed by atoms with Crippen LogP contribution in [-0.2, 0) is 10.2 Å². The molecule has 116 valence electrons. The minimum atomic E-state index is -1.09. The minimum Gasteiger partial charge on any atom is -0.478 e. The summed E-state index contributed by atoms with van der Waals surface area (Å²) in [6.45, 7) is 11.1. The van der Waals surface area contributed by atoms with E-state index in [1.54, 1.807) is 32.9 Å². The first kappa shape index (κ1) is 17.0. The minimum absolute atomic E-state index is 0.0493. The van der Waals surface area contributed by atoms with Crippen molar-refractivity contribution in [3.05, 3.63) is 29.3 Å². The third-order valence-corrected chi connectivity index (χ3v) is 2.73. The van der Waals surface area contributed by atoms with Crippen LogP contribution in [0.4, 0.5) is 10.5 Å². The number of hydrogen-bond acceptors (Lipinski definition) is 3. The monoisotopic (exact) mass is 293 g/mol. The second-order valence-corrected chi connectivity index (χ2v) is 6.91. The number of nitrogens with one attached hydrogen (secondary N) is 1. The molecule has 0 aromatic heterocycles. The van der Waals surface area contributed by atoms with E-state index in [9.17, 15) is 14.7 Å². The average molecular weight is 293 g/mol. The van der Waals surface area contributed by atoms with Crippen LogP contribution in [0.5, 0.6) is 0 Å². The van der Waals surface area contributed by atoms with Gasteiger partial charge in [-0.05, 0) is 37.8 Å². The molecule has 0 aliphatic carbocycles. The Morgan fingerprint density at radius 3 is 2.10 bits per heavy atom. The summed E-state index contributed by atoms with van der Waals surface area (Å²) >= 11 is 0. The van der Waals surface area contributed by atoms with Gasteiger partial charge in [0, 0.05) is 0 Å². The fourth-order valence-electron chi connectivity index (χ4n) is 1.90. The van der Waals surface area contributed by atoms with Gasteiger partial charge in [-0.25, -0.2) is 9.59 Å². The Kier molecular flexibility index (Phi) is 4.66. The number of para-hydroxylation sites is 1. The standard InChI is InChI=1S/C16H23NO4/c1-15(2,3)11-9-7-8-10(13(18)19)12(11)17-14(20)21-16(4,5)6/h7-9H,1-6H3,(H,17,20)(H,18,19). The molecule has 5 heteroatoms. The molecule has 0 fully saturated rings. The summed E-state index contributed by atoms with van der Waals surface area (Å²) in [4.78, 5) is 23.3. The van der Waals surface area contributed by atoms with Crippen molar-refractivity contribution in [1.29, 1.82) is 0 Å². The van der Waals surface area contributed by atoms with Crippen LogP contribution in [0.25, 0.3) is 0 Å². The van der Waals surface area contributed by atoms with E-state index in [1.165, 1.54) is 6.07 Å². The molecule has 0 unspecified atom stereocenters. The van der Waals surface area contributed by atoms with Crippen molar-refractivity contribution in [3.8, 4) is 0 Å². The number of carbonyl (C=O) groups is 2. The second kappa shape index (κ2) is 5.76. The van der Waals surface area contributed by atoms with E-state index in [1.807, 2.05) is 20.8 Å². The molecule has 0 radical (unpaired) electrons. The van der Waals surface area contributed by atoms with Gasteiger partial charge in [0.15, 0.2) is 0 Å². The molecular formula is C16H23NO4. The van der Waals surface area contributed by atoms with E-state index in [0.29, 0.717) is 0 Å². The topological polar surface area (TPSA) is 75.6 Å². The van der Waals surface area contributed by atoms with Gasteiger partial charge < -0.3 is 9.84 Å². The molecule has 0 bridgehead atoms. The normalized spacial score (nSPS) is 11.9. The zero-order valence-electron chi connectivity index (χ0n) is 13.4. The Bertz CT molecular complexity index is 550. The first-order valence-corrected chi connectivity index (χ1v) is 6.78. The van der Waals surface area contributed by atoms with Crippen molar-refractivity contribution in [1.82, 2.24) is 0 Å². The SMILES string of the molecule is CC(C)(C)OC(=O)Nc1c(C(=O)O)cccc1C(C)(C)C. The van der Waals surface area contributed by atoms with Gasteiger partial charge in [0.2, 0.25) is 0 Å². The lowest BCUT2D eigenvalue weighted by Crippen LogP contribution is -2.29. The van der Waals surface area contributed by atoms with Gasteiger partial charge in [-0.3, -0.25) is 5.32 Å². The number of rotatable bonds is 2. The van der Waals surface area contributed by atoms with Crippen LogP contribution in [0.1, 0.15) is 57.5 Å².